The zero-order chi connectivity index (χ0) is 20.2. The minimum atomic E-state index is -0.356. The number of unbranched alkanes of at least 4 members (excludes halogenated alkanes) is 2. The third-order valence-corrected chi connectivity index (χ3v) is 5.63. The molecule has 0 unspecified atom stereocenters. The van der Waals surface area contributed by atoms with Crippen molar-refractivity contribution < 1.29 is 9.59 Å². The van der Waals surface area contributed by atoms with Crippen molar-refractivity contribution in [2.75, 3.05) is 19.8 Å². The molecule has 1 aromatic carbocycles. The molecule has 0 saturated carbocycles. The molecule has 5 nitrogen and oxygen atoms in total. The molecule has 1 heterocycles. The fourth-order valence-electron chi connectivity index (χ4n) is 3.84. The highest BCUT2D eigenvalue weighted by Gasteiger charge is 2.44. The minimum Gasteiger partial charge on any atom is -0.356 e. The Labute approximate surface area is 170 Å². The summed E-state index contributed by atoms with van der Waals surface area (Å²) in [4.78, 5) is 26.9. The highest BCUT2D eigenvalue weighted by molar-refractivity contribution is 5.88. The van der Waals surface area contributed by atoms with Crippen molar-refractivity contribution in [3.63, 3.8) is 0 Å². The van der Waals surface area contributed by atoms with E-state index >= 15 is 0 Å². The van der Waals surface area contributed by atoms with Crippen LogP contribution in [-0.4, -0.2) is 42.0 Å². The maximum absolute atomic E-state index is 13.0. The van der Waals surface area contributed by atoms with Gasteiger partial charge in [-0.15, -0.1) is 0 Å². The van der Waals surface area contributed by atoms with Gasteiger partial charge in [-0.3, -0.25) is 14.9 Å². The van der Waals surface area contributed by atoms with Crippen molar-refractivity contribution in [2.24, 2.45) is 0 Å². The lowest BCUT2D eigenvalue weighted by Crippen LogP contribution is -2.46. The van der Waals surface area contributed by atoms with Crippen molar-refractivity contribution in [3.05, 3.63) is 35.9 Å². The Morgan fingerprint density at radius 1 is 1.11 bits per heavy atom. The largest absolute Gasteiger partial charge is 0.356 e. The van der Waals surface area contributed by atoms with Gasteiger partial charge in [0.2, 0.25) is 11.8 Å². The van der Waals surface area contributed by atoms with Crippen LogP contribution in [0.2, 0.25) is 0 Å². The predicted molar refractivity (Wildman–Crippen MR) is 114 cm³/mol. The lowest BCUT2D eigenvalue weighted by molar-refractivity contribution is -0.133. The molecule has 0 spiro atoms. The molecular formula is C23H37N3O2. The van der Waals surface area contributed by atoms with Crippen LogP contribution >= 0.6 is 0 Å². The maximum Gasteiger partial charge on any atom is 0.243 e. The van der Waals surface area contributed by atoms with Crippen LogP contribution in [-0.2, 0) is 16.0 Å². The lowest BCUT2D eigenvalue weighted by Gasteiger charge is -2.27. The molecule has 28 heavy (non-hydrogen) atoms. The third kappa shape index (κ3) is 6.62. The summed E-state index contributed by atoms with van der Waals surface area (Å²) in [6.45, 7) is 6.30. The van der Waals surface area contributed by atoms with Gasteiger partial charge in [0.05, 0.1) is 12.2 Å². The molecule has 0 aromatic heterocycles. The fraction of sp³-hybridized carbons (Fsp3) is 0.652. The van der Waals surface area contributed by atoms with Gasteiger partial charge in [0, 0.05) is 19.5 Å². The second-order valence-corrected chi connectivity index (χ2v) is 7.88. The highest BCUT2D eigenvalue weighted by Crippen LogP contribution is 2.28. The molecule has 0 radical (unpaired) electrons. The molecule has 0 atom stereocenters. The topological polar surface area (TPSA) is 61.4 Å². The molecule has 0 aliphatic carbocycles. The molecule has 1 aromatic rings. The van der Waals surface area contributed by atoms with Gasteiger partial charge in [-0.1, -0.05) is 69.9 Å². The monoisotopic (exact) mass is 387 g/mol. The van der Waals surface area contributed by atoms with E-state index in [1.807, 2.05) is 35.2 Å². The van der Waals surface area contributed by atoms with Crippen LogP contribution in [0.3, 0.4) is 0 Å². The molecule has 0 bridgehead atoms. The Kier molecular flexibility index (Phi) is 9.48. The van der Waals surface area contributed by atoms with Crippen molar-refractivity contribution in [1.29, 1.82) is 0 Å². The van der Waals surface area contributed by atoms with Gasteiger partial charge < -0.3 is 10.2 Å². The quantitative estimate of drug-likeness (QED) is 0.508. The summed E-state index contributed by atoms with van der Waals surface area (Å²) in [7, 11) is 0. The summed E-state index contributed by atoms with van der Waals surface area (Å²) >= 11 is 0. The molecule has 1 fully saturated rings. The summed E-state index contributed by atoms with van der Waals surface area (Å²) in [5.74, 6) is 0.333. The van der Waals surface area contributed by atoms with E-state index in [2.05, 4.69) is 24.5 Å². The predicted octanol–water partition coefficient (Wildman–Crippen LogP) is 3.63. The van der Waals surface area contributed by atoms with Gasteiger partial charge in [-0.05, 0) is 31.2 Å². The van der Waals surface area contributed by atoms with Gasteiger partial charge in [-0.25, -0.2) is 0 Å². The first kappa shape index (κ1) is 22.4. The highest BCUT2D eigenvalue weighted by atomic mass is 16.2. The molecular weight excluding hydrogens is 350 g/mol. The van der Waals surface area contributed by atoms with E-state index in [-0.39, 0.29) is 17.4 Å². The average Bonchev–Trinajstić information content (AvgIpc) is 3.03. The minimum absolute atomic E-state index is 0.0787. The van der Waals surface area contributed by atoms with Gasteiger partial charge >= 0.3 is 0 Å². The number of aryl methyl sites for hydroxylation is 1. The van der Waals surface area contributed by atoms with E-state index in [4.69, 9.17) is 0 Å². The van der Waals surface area contributed by atoms with Gasteiger partial charge in [0.1, 0.15) is 0 Å². The SMILES string of the molecule is CCCCC1(CCCC)NCN(CCCNC(=O)CCc2ccccc2)C1=O. The van der Waals surface area contributed by atoms with Crippen LogP contribution in [0.1, 0.15) is 70.8 Å². The molecule has 1 aliphatic heterocycles. The third-order valence-electron chi connectivity index (χ3n) is 5.63. The number of amides is 2. The van der Waals surface area contributed by atoms with Gasteiger partial charge in [-0.2, -0.15) is 0 Å². The van der Waals surface area contributed by atoms with Crippen LogP contribution in [0.5, 0.6) is 0 Å². The van der Waals surface area contributed by atoms with E-state index < -0.39 is 0 Å². The summed E-state index contributed by atoms with van der Waals surface area (Å²) in [6.07, 6.45) is 8.29. The van der Waals surface area contributed by atoms with Crippen LogP contribution < -0.4 is 10.6 Å². The van der Waals surface area contributed by atoms with Crippen LogP contribution in [0, 0.1) is 0 Å². The van der Waals surface area contributed by atoms with Gasteiger partial charge in [0.15, 0.2) is 0 Å². The van der Waals surface area contributed by atoms with Crippen molar-refractivity contribution >= 4 is 11.8 Å². The normalized spacial score (nSPS) is 15.8. The average molecular weight is 388 g/mol. The van der Waals surface area contributed by atoms with E-state index in [1.165, 1.54) is 5.56 Å². The molecule has 2 amide bonds. The first-order chi connectivity index (χ1) is 13.6. The maximum atomic E-state index is 13.0. The standard InChI is InChI=1S/C23H37N3O2/c1-3-5-15-23(16-6-4-2)22(28)26(19-25-23)18-10-17-24-21(27)14-13-20-11-8-7-9-12-20/h7-9,11-12,25H,3-6,10,13-19H2,1-2H3,(H,24,27). The zero-order valence-corrected chi connectivity index (χ0v) is 17.6. The summed E-state index contributed by atoms with van der Waals surface area (Å²) in [6, 6.07) is 10.1. The van der Waals surface area contributed by atoms with E-state index in [9.17, 15) is 9.59 Å². The lowest BCUT2D eigenvalue weighted by atomic mass is 9.87. The Bertz CT molecular complexity index is 595. The van der Waals surface area contributed by atoms with Crippen LogP contribution in [0.4, 0.5) is 0 Å². The molecule has 1 aliphatic rings. The number of nitrogens with one attached hydrogen (secondary N) is 2. The number of rotatable bonds is 13. The first-order valence-corrected chi connectivity index (χ1v) is 11.0. The Morgan fingerprint density at radius 3 is 2.43 bits per heavy atom. The van der Waals surface area contributed by atoms with Crippen LogP contribution in [0.25, 0.3) is 0 Å². The zero-order valence-electron chi connectivity index (χ0n) is 17.6. The first-order valence-electron chi connectivity index (χ1n) is 11.0. The van der Waals surface area contributed by atoms with E-state index in [0.717, 1.165) is 51.4 Å². The van der Waals surface area contributed by atoms with E-state index in [1.54, 1.807) is 0 Å². The second-order valence-electron chi connectivity index (χ2n) is 7.88. The molecule has 1 saturated heterocycles. The van der Waals surface area contributed by atoms with Crippen molar-refractivity contribution in [1.82, 2.24) is 15.5 Å². The van der Waals surface area contributed by atoms with Gasteiger partial charge in [0.25, 0.3) is 0 Å². The second kappa shape index (κ2) is 11.8. The number of carbonyl (C=O) groups excluding carboxylic acids is 2. The Balaban J connectivity index is 1.69. The summed E-state index contributed by atoms with van der Waals surface area (Å²) in [5.41, 5.74) is 0.826. The Morgan fingerprint density at radius 2 is 1.79 bits per heavy atom. The smallest absolute Gasteiger partial charge is 0.243 e. The van der Waals surface area contributed by atoms with Crippen LogP contribution in [0.15, 0.2) is 30.3 Å². The number of hydrogen-bond donors (Lipinski definition) is 2. The fourth-order valence-corrected chi connectivity index (χ4v) is 3.84. The molecule has 2 rings (SSSR count). The van der Waals surface area contributed by atoms with Crippen molar-refractivity contribution in [2.45, 2.75) is 77.2 Å². The van der Waals surface area contributed by atoms with Crippen molar-refractivity contribution in [3.8, 4) is 0 Å². The Hall–Kier alpha value is -1.88. The number of nitrogens with zero attached hydrogens (tertiary/aromatic N) is 1. The number of hydrogen-bond acceptors (Lipinski definition) is 3. The molecule has 2 N–H and O–H groups in total. The summed E-state index contributed by atoms with van der Waals surface area (Å²) < 4.78 is 0. The number of benzene rings is 1. The number of carbonyl (C=O) groups is 2. The molecule has 5 heteroatoms. The molecule has 156 valence electrons. The summed E-state index contributed by atoms with van der Waals surface area (Å²) in [5, 5.41) is 6.50. The van der Waals surface area contributed by atoms with E-state index in [0.29, 0.717) is 26.2 Å².